The molecule has 2 rings (SSSR count). The largest absolute Gasteiger partial charge is 0.497 e. The van der Waals surface area contributed by atoms with Crippen LogP contribution in [0.15, 0.2) is 54.4 Å². The van der Waals surface area contributed by atoms with Gasteiger partial charge in [-0.1, -0.05) is 30.3 Å². The summed E-state index contributed by atoms with van der Waals surface area (Å²) in [6.07, 6.45) is 5.63. The molecule has 1 aromatic rings. The van der Waals surface area contributed by atoms with Crippen molar-refractivity contribution in [3.63, 3.8) is 0 Å². The second kappa shape index (κ2) is 4.86. The van der Waals surface area contributed by atoms with Gasteiger partial charge in [0.05, 0.1) is 7.11 Å². The predicted octanol–water partition coefficient (Wildman–Crippen LogP) is 1.83. The molecule has 0 aliphatic carbocycles. The van der Waals surface area contributed by atoms with Crippen LogP contribution in [0.5, 0.6) is 0 Å². The molecule has 1 aromatic carbocycles. The van der Waals surface area contributed by atoms with Crippen molar-refractivity contribution in [2.75, 3.05) is 7.11 Å². The Kier molecular flexibility index (Phi) is 3.27. The predicted molar refractivity (Wildman–Crippen MR) is 64.2 cm³/mol. The summed E-state index contributed by atoms with van der Waals surface area (Å²) in [5, 5.41) is 0. The second-order valence-electron chi connectivity index (χ2n) is 3.72. The van der Waals surface area contributed by atoms with Crippen LogP contribution in [0, 0.1) is 0 Å². The highest BCUT2D eigenvalue weighted by Gasteiger charge is 2.18. The minimum Gasteiger partial charge on any atom is -0.497 e. The van der Waals surface area contributed by atoms with Crippen molar-refractivity contribution in [3.8, 4) is 0 Å². The van der Waals surface area contributed by atoms with E-state index in [1.54, 1.807) is 7.11 Å². The van der Waals surface area contributed by atoms with Gasteiger partial charge in [-0.3, -0.25) is 0 Å². The molecule has 0 spiro atoms. The molecule has 0 radical (unpaired) electrons. The van der Waals surface area contributed by atoms with Crippen LogP contribution in [0.1, 0.15) is 5.56 Å². The maximum absolute atomic E-state index is 6.06. The van der Waals surface area contributed by atoms with Gasteiger partial charge in [0.1, 0.15) is 11.9 Å². The van der Waals surface area contributed by atoms with Gasteiger partial charge in [0.2, 0.25) is 0 Å². The van der Waals surface area contributed by atoms with Crippen LogP contribution in [0.3, 0.4) is 0 Å². The van der Waals surface area contributed by atoms with E-state index in [9.17, 15) is 0 Å². The standard InChI is InChI=1S/C13H16N2O/c1-16-12-8-5-9-15(13(12)14)10-11-6-3-2-4-7-11/h2-9,13H,10,14H2,1H3. The fourth-order valence-corrected chi connectivity index (χ4v) is 1.74. The van der Waals surface area contributed by atoms with E-state index in [2.05, 4.69) is 12.1 Å². The van der Waals surface area contributed by atoms with Gasteiger partial charge in [0.25, 0.3) is 0 Å². The Labute approximate surface area is 95.8 Å². The summed E-state index contributed by atoms with van der Waals surface area (Å²) < 4.78 is 5.21. The number of methoxy groups -OCH3 is 1. The Balaban J connectivity index is 2.07. The lowest BCUT2D eigenvalue weighted by molar-refractivity contribution is 0.185. The lowest BCUT2D eigenvalue weighted by Crippen LogP contribution is -2.41. The summed E-state index contributed by atoms with van der Waals surface area (Å²) >= 11 is 0. The first-order chi connectivity index (χ1) is 7.81. The van der Waals surface area contributed by atoms with Gasteiger partial charge in [0.15, 0.2) is 0 Å². The van der Waals surface area contributed by atoms with Crippen molar-refractivity contribution in [1.29, 1.82) is 0 Å². The van der Waals surface area contributed by atoms with Crippen LogP contribution >= 0.6 is 0 Å². The Bertz CT molecular complexity index is 398. The summed E-state index contributed by atoms with van der Waals surface area (Å²) in [6.45, 7) is 0.791. The van der Waals surface area contributed by atoms with Crippen molar-refractivity contribution in [2.24, 2.45) is 5.73 Å². The van der Waals surface area contributed by atoms with Gasteiger partial charge >= 0.3 is 0 Å². The summed E-state index contributed by atoms with van der Waals surface area (Å²) in [7, 11) is 1.64. The zero-order valence-corrected chi connectivity index (χ0v) is 9.34. The molecule has 84 valence electrons. The van der Waals surface area contributed by atoms with Crippen LogP contribution in [-0.4, -0.2) is 18.2 Å². The molecule has 0 aromatic heterocycles. The molecule has 0 bridgehead atoms. The number of rotatable bonds is 3. The molecule has 1 aliphatic rings. The molecule has 3 heteroatoms. The molecule has 3 nitrogen and oxygen atoms in total. The molecule has 0 amide bonds. The average Bonchev–Trinajstić information content (AvgIpc) is 2.33. The summed E-state index contributed by atoms with van der Waals surface area (Å²) in [6, 6.07) is 10.2. The molecule has 1 aliphatic heterocycles. The first-order valence-corrected chi connectivity index (χ1v) is 5.29. The second-order valence-corrected chi connectivity index (χ2v) is 3.72. The number of nitrogens with two attached hydrogens (primary N) is 1. The number of benzene rings is 1. The van der Waals surface area contributed by atoms with Gasteiger partial charge in [-0.05, 0) is 17.7 Å². The van der Waals surface area contributed by atoms with E-state index in [0.29, 0.717) is 0 Å². The van der Waals surface area contributed by atoms with Crippen molar-refractivity contribution >= 4 is 0 Å². The lowest BCUT2D eigenvalue weighted by atomic mass is 10.2. The number of allylic oxidation sites excluding steroid dienone is 2. The third-order valence-corrected chi connectivity index (χ3v) is 2.63. The Hall–Kier alpha value is -1.74. The Morgan fingerprint density at radius 1 is 1.31 bits per heavy atom. The van der Waals surface area contributed by atoms with Crippen molar-refractivity contribution in [3.05, 3.63) is 60.0 Å². The molecular weight excluding hydrogens is 200 g/mol. The Morgan fingerprint density at radius 3 is 2.75 bits per heavy atom. The number of hydrogen-bond donors (Lipinski definition) is 1. The molecule has 0 fully saturated rings. The molecule has 1 unspecified atom stereocenters. The molecule has 16 heavy (non-hydrogen) atoms. The van der Waals surface area contributed by atoms with Gasteiger partial charge in [0, 0.05) is 12.7 Å². The first kappa shape index (κ1) is 10.8. The summed E-state index contributed by atoms with van der Waals surface area (Å²) in [4.78, 5) is 2.05. The molecule has 0 saturated heterocycles. The fraction of sp³-hybridized carbons (Fsp3) is 0.231. The van der Waals surface area contributed by atoms with E-state index in [-0.39, 0.29) is 6.17 Å². The van der Waals surface area contributed by atoms with Gasteiger partial charge in [-0.25, -0.2) is 0 Å². The maximum atomic E-state index is 6.06. The van der Waals surface area contributed by atoms with Crippen molar-refractivity contribution < 1.29 is 4.74 Å². The van der Waals surface area contributed by atoms with Gasteiger partial charge in [-0.15, -0.1) is 0 Å². The van der Waals surface area contributed by atoms with E-state index < -0.39 is 0 Å². The average molecular weight is 216 g/mol. The van der Waals surface area contributed by atoms with E-state index in [0.717, 1.165) is 12.3 Å². The van der Waals surface area contributed by atoms with E-state index in [4.69, 9.17) is 10.5 Å². The monoisotopic (exact) mass is 216 g/mol. The SMILES string of the molecule is COC1=CC=CN(Cc2ccccc2)C1N. The lowest BCUT2D eigenvalue weighted by Gasteiger charge is -2.30. The van der Waals surface area contributed by atoms with E-state index >= 15 is 0 Å². The quantitative estimate of drug-likeness (QED) is 0.837. The topological polar surface area (TPSA) is 38.5 Å². The highest BCUT2D eigenvalue weighted by atomic mass is 16.5. The van der Waals surface area contributed by atoms with E-state index in [1.807, 2.05) is 41.5 Å². The number of hydrogen-bond acceptors (Lipinski definition) is 3. The highest BCUT2D eigenvalue weighted by Crippen LogP contribution is 2.16. The normalized spacial score (nSPS) is 19.5. The van der Waals surface area contributed by atoms with E-state index in [1.165, 1.54) is 5.56 Å². The summed E-state index contributed by atoms with van der Waals surface area (Å²) in [5.41, 5.74) is 7.30. The van der Waals surface area contributed by atoms with Crippen LogP contribution in [0.25, 0.3) is 0 Å². The van der Waals surface area contributed by atoms with Gasteiger partial charge < -0.3 is 15.4 Å². The minimum atomic E-state index is -0.199. The van der Waals surface area contributed by atoms with Crippen LogP contribution in [0.2, 0.25) is 0 Å². The third kappa shape index (κ3) is 2.25. The molecule has 0 saturated carbocycles. The van der Waals surface area contributed by atoms with Crippen molar-refractivity contribution in [2.45, 2.75) is 12.7 Å². The Morgan fingerprint density at radius 2 is 2.06 bits per heavy atom. The van der Waals surface area contributed by atoms with Gasteiger partial charge in [-0.2, -0.15) is 0 Å². The summed E-state index contributed by atoms with van der Waals surface area (Å²) in [5.74, 6) is 0.790. The number of nitrogens with zero attached hydrogens (tertiary/aromatic N) is 1. The van der Waals surface area contributed by atoms with Crippen molar-refractivity contribution in [1.82, 2.24) is 4.90 Å². The molecular formula is C13H16N2O. The van der Waals surface area contributed by atoms with Crippen LogP contribution < -0.4 is 5.73 Å². The first-order valence-electron chi connectivity index (χ1n) is 5.29. The zero-order valence-electron chi connectivity index (χ0n) is 9.34. The smallest absolute Gasteiger partial charge is 0.136 e. The zero-order chi connectivity index (χ0) is 11.4. The maximum Gasteiger partial charge on any atom is 0.136 e. The number of ether oxygens (including phenoxy) is 1. The minimum absolute atomic E-state index is 0.199. The third-order valence-electron chi connectivity index (χ3n) is 2.63. The fourth-order valence-electron chi connectivity index (χ4n) is 1.74. The van der Waals surface area contributed by atoms with Crippen LogP contribution in [0.4, 0.5) is 0 Å². The molecule has 1 heterocycles. The van der Waals surface area contributed by atoms with Crippen LogP contribution in [-0.2, 0) is 11.3 Å². The highest BCUT2D eigenvalue weighted by molar-refractivity contribution is 5.21. The molecule has 1 atom stereocenters. The molecule has 2 N–H and O–H groups in total.